The number of carbonyl (C=O) groups excluding carboxylic acids is 1. The van der Waals surface area contributed by atoms with E-state index in [0.717, 1.165) is 10.4 Å². The number of hydrogen-bond donors (Lipinski definition) is 0. The molecule has 0 bridgehead atoms. The van der Waals surface area contributed by atoms with Gasteiger partial charge in [0.25, 0.3) is 0 Å². The van der Waals surface area contributed by atoms with Gasteiger partial charge in [0.15, 0.2) is 9.84 Å². The first kappa shape index (κ1) is 17.2. The highest BCUT2D eigenvalue weighted by atomic mass is 32.2. The number of aryl methyl sites for hydroxylation is 1. The zero-order chi connectivity index (χ0) is 17.0. The Hall–Kier alpha value is -1.66. The standard InChI is InChI=1S/C18H21NO3S2/c20-18(9-8-15-5-2-1-3-6-15)19-11-10-17(16-7-4-13-23-16)24(21,22)14-12-19/h1-7,13,17H,8-12,14H2. The van der Waals surface area contributed by atoms with Gasteiger partial charge in [-0.15, -0.1) is 11.3 Å². The van der Waals surface area contributed by atoms with Gasteiger partial charge < -0.3 is 4.90 Å². The predicted octanol–water partition coefficient (Wildman–Crippen LogP) is 3.07. The van der Waals surface area contributed by atoms with Gasteiger partial charge in [-0.05, 0) is 29.9 Å². The third-order valence-electron chi connectivity index (χ3n) is 4.42. The summed E-state index contributed by atoms with van der Waals surface area (Å²) in [5.41, 5.74) is 1.13. The molecule has 24 heavy (non-hydrogen) atoms. The quantitative estimate of drug-likeness (QED) is 0.839. The zero-order valence-corrected chi connectivity index (χ0v) is 15.1. The maximum Gasteiger partial charge on any atom is 0.222 e. The highest BCUT2D eigenvalue weighted by Crippen LogP contribution is 2.32. The van der Waals surface area contributed by atoms with E-state index in [9.17, 15) is 13.2 Å². The Balaban J connectivity index is 1.63. The molecule has 1 aliphatic heterocycles. The Labute approximate surface area is 147 Å². The summed E-state index contributed by atoms with van der Waals surface area (Å²) in [6.07, 6.45) is 1.60. The molecule has 4 nitrogen and oxygen atoms in total. The normalized spacial score (nSPS) is 20.5. The highest BCUT2D eigenvalue weighted by Gasteiger charge is 2.33. The van der Waals surface area contributed by atoms with Crippen molar-refractivity contribution in [2.24, 2.45) is 0 Å². The van der Waals surface area contributed by atoms with Gasteiger partial charge in [0.05, 0.1) is 11.0 Å². The molecule has 2 heterocycles. The van der Waals surface area contributed by atoms with Gasteiger partial charge in [0.2, 0.25) is 5.91 Å². The minimum Gasteiger partial charge on any atom is -0.342 e. The van der Waals surface area contributed by atoms with Crippen LogP contribution in [0.15, 0.2) is 47.8 Å². The molecule has 0 spiro atoms. The van der Waals surface area contributed by atoms with E-state index in [-0.39, 0.29) is 11.7 Å². The molecular formula is C18H21NO3S2. The molecule has 0 radical (unpaired) electrons. The molecule has 1 fully saturated rings. The number of hydrogen-bond acceptors (Lipinski definition) is 4. The van der Waals surface area contributed by atoms with E-state index in [1.165, 1.54) is 11.3 Å². The first-order chi connectivity index (χ1) is 11.6. The Morgan fingerprint density at radius 3 is 2.62 bits per heavy atom. The molecule has 0 aliphatic carbocycles. The van der Waals surface area contributed by atoms with E-state index in [1.54, 1.807) is 4.90 Å². The van der Waals surface area contributed by atoms with Crippen molar-refractivity contribution in [3.63, 3.8) is 0 Å². The van der Waals surface area contributed by atoms with Crippen LogP contribution in [0.4, 0.5) is 0 Å². The van der Waals surface area contributed by atoms with Crippen LogP contribution in [0.1, 0.15) is 28.5 Å². The van der Waals surface area contributed by atoms with Crippen LogP contribution < -0.4 is 0 Å². The third kappa shape index (κ3) is 4.05. The molecule has 2 aromatic rings. The van der Waals surface area contributed by atoms with Gasteiger partial charge in [-0.1, -0.05) is 36.4 Å². The van der Waals surface area contributed by atoms with Gasteiger partial charge >= 0.3 is 0 Å². The molecule has 1 saturated heterocycles. The number of thiophene rings is 1. The smallest absolute Gasteiger partial charge is 0.222 e. The average Bonchev–Trinajstić information content (AvgIpc) is 3.05. The number of benzene rings is 1. The van der Waals surface area contributed by atoms with Gasteiger partial charge in [-0.25, -0.2) is 8.42 Å². The van der Waals surface area contributed by atoms with Crippen LogP contribution in [-0.4, -0.2) is 38.1 Å². The largest absolute Gasteiger partial charge is 0.342 e. The topological polar surface area (TPSA) is 54.5 Å². The second-order valence-electron chi connectivity index (χ2n) is 6.03. The van der Waals surface area contributed by atoms with Crippen molar-refractivity contribution in [2.75, 3.05) is 18.8 Å². The summed E-state index contributed by atoms with van der Waals surface area (Å²) in [6, 6.07) is 13.6. The fourth-order valence-electron chi connectivity index (χ4n) is 3.04. The van der Waals surface area contributed by atoms with Gasteiger partial charge in [0, 0.05) is 24.4 Å². The maximum absolute atomic E-state index is 12.5. The van der Waals surface area contributed by atoms with Crippen molar-refractivity contribution in [1.82, 2.24) is 4.90 Å². The van der Waals surface area contributed by atoms with Crippen LogP contribution in [0, 0.1) is 0 Å². The fourth-order valence-corrected chi connectivity index (χ4v) is 6.05. The molecule has 1 atom stereocenters. The molecule has 6 heteroatoms. The van der Waals surface area contributed by atoms with Crippen molar-refractivity contribution in [1.29, 1.82) is 0 Å². The third-order valence-corrected chi connectivity index (χ3v) is 7.67. The molecular weight excluding hydrogens is 342 g/mol. The lowest BCUT2D eigenvalue weighted by molar-refractivity contribution is -0.130. The van der Waals surface area contributed by atoms with E-state index in [4.69, 9.17) is 0 Å². The molecule has 3 rings (SSSR count). The Morgan fingerprint density at radius 1 is 1.12 bits per heavy atom. The van der Waals surface area contributed by atoms with Crippen molar-refractivity contribution >= 4 is 27.1 Å². The molecule has 1 aromatic carbocycles. The number of nitrogens with zero attached hydrogens (tertiary/aromatic N) is 1. The maximum atomic E-state index is 12.5. The molecule has 1 unspecified atom stereocenters. The Bertz CT molecular complexity index is 770. The summed E-state index contributed by atoms with van der Waals surface area (Å²) in [4.78, 5) is 15.1. The Morgan fingerprint density at radius 2 is 1.92 bits per heavy atom. The Kier molecular flexibility index (Phi) is 5.36. The molecule has 1 aromatic heterocycles. The van der Waals surface area contributed by atoms with E-state index in [1.807, 2.05) is 47.8 Å². The fraction of sp³-hybridized carbons (Fsp3) is 0.389. The molecule has 0 saturated carbocycles. The lowest BCUT2D eigenvalue weighted by Gasteiger charge is -2.20. The number of carbonyl (C=O) groups is 1. The summed E-state index contributed by atoms with van der Waals surface area (Å²) in [6.45, 7) is 0.813. The zero-order valence-electron chi connectivity index (χ0n) is 13.4. The number of rotatable bonds is 4. The minimum atomic E-state index is -3.20. The van der Waals surface area contributed by atoms with Crippen LogP contribution in [-0.2, 0) is 21.1 Å². The average molecular weight is 364 g/mol. The van der Waals surface area contributed by atoms with E-state index >= 15 is 0 Å². The highest BCUT2D eigenvalue weighted by molar-refractivity contribution is 7.91. The predicted molar refractivity (Wildman–Crippen MR) is 96.8 cm³/mol. The van der Waals surface area contributed by atoms with Gasteiger partial charge in [0.1, 0.15) is 0 Å². The summed E-state index contributed by atoms with van der Waals surface area (Å²) >= 11 is 1.48. The molecule has 1 aliphatic rings. The first-order valence-corrected chi connectivity index (χ1v) is 10.7. The van der Waals surface area contributed by atoms with Crippen molar-refractivity contribution < 1.29 is 13.2 Å². The van der Waals surface area contributed by atoms with Crippen LogP contribution in [0.3, 0.4) is 0 Å². The van der Waals surface area contributed by atoms with E-state index in [0.29, 0.717) is 32.4 Å². The van der Waals surface area contributed by atoms with E-state index in [2.05, 4.69) is 0 Å². The van der Waals surface area contributed by atoms with Crippen LogP contribution in [0.25, 0.3) is 0 Å². The molecule has 0 N–H and O–H groups in total. The summed E-state index contributed by atoms with van der Waals surface area (Å²) in [5, 5.41) is 1.43. The summed E-state index contributed by atoms with van der Waals surface area (Å²) in [7, 11) is -3.20. The van der Waals surface area contributed by atoms with Crippen LogP contribution in [0.5, 0.6) is 0 Å². The van der Waals surface area contributed by atoms with E-state index < -0.39 is 15.1 Å². The lowest BCUT2D eigenvalue weighted by Crippen LogP contribution is -2.33. The van der Waals surface area contributed by atoms with Crippen LogP contribution >= 0.6 is 11.3 Å². The second-order valence-corrected chi connectivity index (χ2v) is 9.31. The van der Waals surface area contributed by atoms with Gasteiger partial charge in [-0.3, -0.25) is 4.79 Å². The molecule has 1 amide bonds. The number of amides is 1. The monoisotopic (exact) mass is 363 g/mol. The SMILES string of the molecule is O=C(CCc1ccccc1)N1CCC(c2cccs2)S(=O)(=O)CC1. The van der Waals surface area contributed by atoms with Crippen molar-refractivity contribution in [2.45, 2.75) is 24.5 Å². The number of sulfone groups is 1. The van der Waals surface area contributed by atoms with Crippen molar-refractivity contribution in [3.05, 3.63) is 58.3 Å². The summed E-state index contributed by atoms with van der Waals surface area (Å²) in [5.74, 6) is 0.0907. The van der Waals surface area contributed by atoms with Crippen molar-refractivity contribution in [3.8, 4) is 0 Å². The van der Waals surface area contributed by atoms with Crippen LogP contribution in [0.2, 0.25) is 0 Å². The summed E-state index contributed by atoms with van der Waals surface area (Å²) < 4.78 is 25.0. The first-order valence-electron chi connectivity index (χ1n) is 8.13. The molecule has 128 valence electrons. The second kappa shape index (κ2) is 7.49. The van der Waals surface area contributed by atoms with Gasteiger partial charge in [-0.2, -0.15) is 0 Å². The lowest BCUT2D eigenvalue weighted by atomic mass is 10.1. The minimum absolute atomic E-state index is 0.0425.